The summed E-state index contributed by atoms with van der Waals surface area (Å²) in [5, 5.41) is 9.12. The molecule has 0 unspecified atom stereocenters. The van der Waals surface area contributed by atoms with Crippen molar-refractivity contribution in [2.24, 2.45) is 0 Å². The Hall–Kier alpha value is -0.880. The van der Waals surface area contributed by atoms with Gasteiger partial charge in [0.25, 0.3) is 0 Å². The van der Waals surface area contributed by atoms with E-state index in [2.05, 4.69) is 22.0 Å². The molecule has 0 amide bonds. The number of hydrogen-bond acceptors (Lipinski definition) is 1. The summed E-state index contributed by atoms with van der Waals surface area (Å²) in [7, 11) is 0. The Labute approximate surface area is 90.7 Å². The molecule has 0 atom stereocenters. The maximum absolute atomic E-state index is 12.8. The Morgan fingerprint density at radius 1 is 1.43 bits per heavy atom. The zero-order valence-electron chi connectivity index (χ0n) is 7.56. The third-order valence-corrected chi connectivity index (χ3v) is 3.52. The molecule has 0 aliphatic heterocycles. The largest absolute Gasteiger partial charge is 0.207 e. The summed E-state index contributed by atoms with van der Waals surface area (Å²) in [6.07, 6.45) is 2.85. The van der Waals surface area contributed by atoms with Crippen molar-refractivity contribution in [2.75, 3.05) is 0 Å². The summed E-state index contributed by atoms with van der Waals surface area (Å²) < 4.78 is 13.6. The van der Waals surface area contributed by atoms with E-state index >= 15 is 0 Å². The molecule has 1 fully saturated rings. The predicted octanol–water partition coefficient (Wildman–Crippen LogP) is 3.53. The lowest BCUT2D eigenvalue weighted by molar-refractivity contribution is 0.322. The van der Waals surface area contributed by atoms with Crippen molar-refractivity contribution in [1.82, 2.24) is 0 Å². The molecule has 0 N–H and O–H groups in total. The molecule has 72 valence electrons. The molecule has 1 saturated carbocycles. The number of halogens is 2. The predicted molar refractivity (Wildman–Crippen MR) is 55.2 cm³/mol. The van der Waals surface area contributed by atoms with Gasteiger partial charge in [0.1, 0.15) is 5.82 Å². The van der Waals surface area contributed by atoms with Gasteiger partial charge < -0.3 is 0 Å². The lowest BCUT2D eigenvalue weighted by atomic mass is 9.65. The van der Waals surface area contributed by atoms with Crippen molar-refractivity contribution in [3.63, 3.8) is 0 Å². The molecule has 0 radical (unpaired) electrons. The van der Waals surface area contributed by atoms with Gasteiger partial charge in [-0.25, -0.2) is 4.39 Å². The highest BCUT2D eigenvalue weighted by molar-refractivity contribution is 9.10. The first-order chi connectivity index (χ1) is 6.68. The summed E-state index contributed by atoms with van der Waals surface area (Å²) in [4.78, 5) is 0. The second-order valence-corrected chi connectivity index (χ2v) is 4.53. The summed E-state index contributed by atoms with van der Waals surface area (Å²) in [6.45, 7) is 0. The highest BCUT2D eigenvalue weighted by atomic mass is 79.9. The van der Waals surface area contributed by atoms with E-state index < -0.39 is 0 Å². The van der Waals surface area contributed by atoms with Crippen LogP contribution in [-0.4, -0.2) is 0 Å². The molecule has 1 aliphatic rings. The number of nitrogens with zero attached hydrogens (tertiary/aromatic N) is 1. The molecule has 0 bridgehead atoms. The topological polar surface area (TPSA) is 23.8 Å². The normalized spacial score (nSPS) is 18.4. The van der Waals surface area contributed by atoms with Crippen LogP contribution in [0.2, 0.25) is 0 Å². The fraction of sp³-hybridized carbons (Fsp3) is 0.364. The summed E-state index contributed by atoms with van der Waals surface area (Å²) in [6, 6.07) is 6.89. The van der Waals surface area contributed by atoms with E-state index in [-0.39, 0.29) is 11.2 Å². The molecule has 2 rings (SSSR count). The number of rotatable bonds is 1. The van der Waals surface area contributed by atoms with Crippen LogP contribution in [0.4, 0.5) is 4.39 Å². The van der Waals surface area contributed by atoms with Crippen molar-refractivity contribution in [3.05, 3.63) is 34.1 Å². The van der Waals surface area contributed by atoms with Crippen LogP contribution in [0.5, 0.6) is 0 Å². The molecule has 0 spiro atoms. The molecular formula is C11H9BrFN. The SMILES string of the molecule is N#CC1(c2ccc(F)cc2Br)CCC1. The monoisotopic (exact) mass is 253 g/mol. The van der Waals surface area contributed by atoms with Gasteiger partial charge in [-0.2, -0.15) is 5.26 Å². The number of hydrogen-bond donors (Lipinski definition) is 0. The fourth-order valence-corrected chi connectivity index (χ4v) is 2.58. The van der Waals surface area contributed by atoms with Crippen LogP contribution in [0, 0.1) is 17.1 Å². The Bertz CT molecular complexity index is 404. The van der Waals surface area contributed by atoms with E-state index in [9.17, 15) is 4.39 Å². The highest BCUT2D eigenvalue weighted by Crippen LogP contribution is 2.45. The van der Waals surface area contributed by atoms with Gasteiger partial charge in [-0.05, 0) is 37.0 Å². The molecular weight excluding hydrogens is 245 g/mol. The molecule has 1 nitrogen and oxygen atoms in total. The lowest BCUT2D eigenvalue weighted by Gasteiger charge is -2.36. The minimum absolute atomic E-state index is 0.270. The van der Waals surface area contributed by atoms with Gasteiger partial charge in [0.2, 0.25) is 0 Å². The number of benzene rings is 1. The van der Waals surface area contributed by atoms with Gasteiger partial charge in [0.15, 0.2) is 0 Å². The maximum atomic E-state index is 12.8. The van der Waals surface area contributed by atoms with E-state index in [1.165, 1.54) is 12.1 Å². The van der Waals surface area contributed by atoms with Gasteiger partial charge in [-0.3, -0.25) is 0 Å². The van der Waals surface area contributed by atoms with Gasteiger partial charge in [-0.1, -0.05) is 22.0 Å². The Morgan fingerprint density at radius 2 is 2.14 bits per heavy atom. The Morgan fingerprint density at radius 3 is 2.57 bits per heavy atom. The summed E-state index contributed by atoms with van der Waals surface area (Å²) in [5.41, 5.74) is 0.555. The van der Waals surface area contributed by atoms with Gasteiger partial charge in [0, 0.05) is 4.47 Å². The average molecular weight is 254 g/mol. The lowest BCUT2D eigenvalue weighted by Crippen LogP contribution is -2.32. The zero-order chi connectivity index (χ0) is 10.2. The molecule has 1 aliphatic carbocycles. The molecule has 1 aromatic carbocycles. The first-order valence-corrected chi connectivity index (χ1v) is 5.34. The van der Waals surface area contributed by atoms with Crippen LogP contribution in [0.1, 0.15) is 24.8 Å². The van der Waals surface area contributed by atoms with Crippen molar-refractivity contribution in [1.29, 1.82) is 5.26 Å². The van der Waals surface area contributed by atoms with Gasteiger partial charge in [-0.15, -0.1) is 0 Å². The molecule has 0 heterocycles. The van der Waals surface area contributed by atoms with Crippen molar-refractivity contribution < 1.29 is 4.39 Å². The van der Waals surface area contributed by atoms with E-state index in [1.807, 2.05) is 0 Å². The first-order valence-electron chi connectivity index (χ1n) is 4.55. The quantitative estimate of drug-likeness (QED) is 0.752. The second kappa shape index (κ2) is 3.36. The van der Waals surface area contributed by atoms with E-state index in [1.54, 1.807) is 6.07 Å². The van der Waals surface area contributed by atoms with Crippen molar-refractivity contribution in [2.45, 2.75) is 24.7 Å². The van der Waals surface area contributed by atoms with E-state index in [0.717, 1.165) is 24.8 Å². The Kier molecular flexibility index (Phi) is 2.32. The van der Waals surface area contributed by atoms with Crippen LogP contribution in [0.25, 0.3) is 0 Å². The molecule has 14 heavy (non-hydrogen) atoms. The van der Waals surface area contributed by atoms with Crippen LogP contribution in [-0.2, 0) is 5.41 Å². The third kappa shape index (κ3) is 1.34. The number of nitriles is 1. The van der Waals surface area contributed by atoms with Crippen LogP contribution in [0.15, 0.2) is 22.7 Å². The summed E-state index contributed by atoms with van der Waals surface area (Å²) >= 11 is 3.31. The zero-order valence-corrected chi connectivity index (χ0v) is 9.14. The van der Waals surface area contributed by atoms with Gasteiger partial charge in [0.05, 0.1) is 11.5 Å². The molecule has 0 saturated heterocycles. The summed E-state index contributed by atoms with van der Waals surface area (Å²) in [5.74, 6) is -0.270. The van der Waals surface area contributed by atoms with Crippen molar-refractivity contribution in [3.8, 4) is 6.07 Å². The highest BCUT2D eigenvalue weighted by Gasteiger charge is 2.40. The minimum atomic E-state index is -0.369. The maximum Gasteiger partial charge on any atom is 0.124 e. The van der Waals surface area contributed by atoms with Crippen LogP contribution in [0.3, 0.4) is 0 Å². The van der Waals surface area contributed by atoms with E-state index in [4.69, 9.17) is 5.26 Å². The van der Waals surface area contributed by atoms with E-state index in [0.29, 0.717) is 4.47 Å². The first kappa shape index (κ1) is 9.67. The molecule has 0 aromatic heterocycles. The third-order valence-electron chi connectivity index (χ3n) is 2.87. The van der Waals surface area contributed by atoms with Crippen LogP contribution < -0.4 is 0 Å². The smallest absolute Gasteiger partial charge is 0.124 e. The fourth-order valence-electron chi connectivity index (χ4n) is 1.85. The minimum Gasteiger partial charge on any atom is -0.207 e. The van der Waals surface area contributed by atoms with Crippen molar-refractivity contribution >= 4 is 15.9 Å². The average Bonchev–Trinajstić information content (AvgIpc) is 2.07. The molecule has 3 heteroatoms. The standard InChI is InChI=1S/C11H9BrFN/c12-10-6-8(13)2-3-9(10)11(7-14)4-1-5-11/h2-3,6H,1,4-5H2. The Balaban J connectivity index is 2.46. The molecule has 1 aromatic rings. The second-order valence-electron chi connectivity index (χ2n) is 3.67. The van der Waals surface area contributed by atoms with Crippen LogP contribution >= 0.6 is 15.9 Å². The van der Waals surface area contributed by atoms with Gasteiger partial charge >= 0.3 is 0 Å².